The first kappa shape index (κ1) is 28.2. The van der Waals surface area contributed by atoms with Gasteiger partial charge >= 0.3 is 0 Å². The van der Waals surface area contributed by atoms with Crippen LogP contribution in [-0.2, 0) is 9.53 Å². The number of halogens is 2. The Kier molecular flexibility index (Phi) is 7.89. The summed E-state index contributed by atoms with van der Waals surface area (Å²) in [6, 6.07) is 13.5. The highest BCUT2D eigenvalue weighted by molar-refractivity contribution is 6.36. The molecule has 2 fully saturated rings. The van der Waals surface area contributed by atoms with Gasteiger partial charge in [0.05, 0.1) is 6.04 Å². The lowest BCUT2D eigenvalue weighted by Crippen LogP contribution is -2.50. The zero-order valence-corrected chi connectivity index (χ0v) is 24.4. The number of carbonyl (C=O) groups is 1. The van der Waals surface area contributed by atoms with E-state index in [4.69, 9.17) is 21.3 Å². The van der Waals surface area contributed by atoms with Crippen molar-refractivity contribution in [2.75, 3.05) is 46.4 Å². The van der Waals surface area contributed by atoms with E-state index < -0.39 is 12.0 Å². The maximum Gasteiger partial charge on any atom is 0.246 e. The van der Waals surface area contributed by atoms with Gasteiger partial charge in [-0.3, -0.25) is 4.79 Å². The number of nitrogens with zero attached hydrogens (tertiary/aromatic N) is 5. The van der Waals surface area contributed by atoms with Gasteiger partial charge in [-0.15, -0.1) is 0 Å². The van der Waals surface area contributed by atoms with Crippen LogP contribution < -0.4 is 0 Å². The summed E-state index contributed by atoms with van der Waals surface area (Å²) in [6.07, 6.45) is 6.86. The highest BCUT2D eigenvalue weighted by Gasteiger charge is 2.40. The van der Waals surface area contributed by atoms with Crippen molar-refractivity contribution in [1.29, 1.82) is 5.26 Å². The zero-order chi connectivity index (χ0) is 29.4. The fraction of sp³-hybridized carbons (Fsp3) is 0.364. The van der Waals surface area contributed by atoms with Crippen molar-refractivity contribution >= 4 is 39.8 Å². The summed E-state index contributed by atoms with van der Waals surface area (Å²) in [5, 5.41) is 12.7. The number of hydrogen-bond acceptors (Lipinski definition) is 6. The third-order valence-corrected chi connectivity index (χ3v) is 9.10. The second kappa shape index (κ2) is 11.7. The van der Waals surface area contributed by atoms with Crippen LogP contribution in [0.2, 0.25) is 5.02 Å². The van der Waals surface area contributed by atoms with E-state index in [1.807, 2.05) is 42.5 Å². The third-order valence-electron chi connectivity index (χ3n) is 8.79. The minimum absolute atomic E-state index is 0.123. The molecule has 6 rings (SSSR count). The minimum atomic E-state index is -0.489. The number of nitriles is 1. The smallest absolute Gasteiger partial charge is 0.246 e. The number of fused-ring (bicyclic) bond motifs is 2. The predicted molar refractivity (Wildman–Crippen MR) is 163 cm³/mol. The number of likely N-dealkylation sites (tertiary alicyclic amines) is 1. The van der Waals surface area contributed by atoms with Crippen LogP contribution in [0.15, 0.2) is 83.3 Å². The van der Waals surface area contributed by atoms with E-state index in [2.05, 4.69) is 29.5 Å². The number of ether oxygens (including phenoxy) is 1. The molecule has 0 N–H and O–H groups in total. The van der Waals surface area contributed by atoms with E-state index in [9.17, 15) is 10.1 Å². The second-order valence-corrected chi connectivity index (χ2v) is 11.6. The first-order chi connectivity index (χ1) is 20.4. The van der Waals surface area contributed by atoms with Gasteiger partial charge in [0.1, 0.15) is 24.1 Å². The van der Waals surface area contributed by atoms with Crippen molar-refractivity contribution in [3.63, 3.8) is 0 Å². The van der Waals surface area contributed by atoms with Crippen LogP contribution >= 0.6 is 11.6 Å². The summed E-state index contributed by atoms with van der Waals surface area (Å²) in [5.74, 6) is -0.703. The van der Waals surface area contributed by atoms with Gasteiger partial charge in [-0.05, 0) is 61.7 Å². The van der Waals surface area contributed by atoms with Crippen molar-refractivity contribution in [2.24, 2.45) is 10.9 Å². The number of aliphatic imine (C=N–C) groups is 1. The lowest BCUT2D eigenvalue weighted by Gasteiger charge is -2.42. The van der Waals surface area contributed by atoms with E-state index in [-0.39, 0.29) is 17.8 Å². The maximum atomic E-state index is 16.1. The number of carbonyl (C=O) groups excluding carboxylic acids is 1. The number of dihydropyridines is 1. The monoisotopic (exact) mass is 585 g/mol. The molecule has 2 saturated heterocycles. The molecule has 0 saturated carbocycles. The van der Waals surface area contributed by atoms with Gasteiger partial charge in [-0.2, -0.15) is 5.26 Å². The van der Waals surface area contributed by atoms with E-state index in [0.717, 1.165) is 30.2 Å². The lowest BCUT2D eigenvalue weighted by molar-refractivity contribution is -0.127. The molecule has 0 aromatic heterocycles. The lowest BCUT2D eigenvalue weighted by atomic mass is 9.81. The molecule has 2 unspecified atom stereocenters. The molecule has 9 heteroatoms. The Balaban J connectivity index is 1.40. The quantitative estimate of drug-likeness (QED) is 0.442. The SMILES string of the molecule is C=CC(=O)N1CCN(C2=C(C#N)C(OC[C@@H]3CCCN3C)=NC3C=C(c4cccc5cccc(Cl)c45)C(F)=CC23)CC1. The molecule has 3 heterocycles. The van der Waals surface area contributed by atoms with Crippen LogP contribution in [0.25, 0.3) is 16.3 Å². The van der Waals surface area contributed by atoms with Gasteiger partial charge in [0, 0.05) is 59.8 Å². The Morgan fingerprint density at radius 1 is 1.19 bits per heavy atom. The molecule has 216 valence electrons. The van der Waals surface area contributed by atoms with Crippen LogP contribution in [0.4, 0.5) is 4.39 Å². The Labute approximate surface area is 250 Å². The van der Waals surface area contributed by atoms with Crippen LogP contribution in [0.5, 0.6) is 0 Å². The molecule has 42 heavy (non-hydrogen) atoms. The van der Waals surface area contributed by atoms with Crippen LogP contribution in [0.3, 0.4) is 0 Å². The van der Waals surface area contributed by atoms with Crippen molar-refractivity contribution in [2.45, 2.75) is 24.9 Å². The molecule has 0 bridgehead atoms. The average Bonchev–Trinajstić information content (AvgIpc) is 3.43. The molecule has 0 radical (unpaired) electrons. The van der Waals surface area contributed by atoms with Gasteiger partial charge in [0.15, 0.2) is 0 Å². The summed E-state index contributed by atoms with van der Waals surface area (Å²) >= 11 is 6.61. The van der Waals surface area contributed by atoms with Gasteiger partial charge in [0.2, 0.25) is 11.8 Å². The fourth-order valence-corrected chi connectivity index (χ4v) is 6.80. The van der Waals surface area contributed by atoms with E-state index >= 15 is 4.39 Å². The van der Waals surface area contributed by atoms with Gasteiger partial charge < -0.3 is 19.4 Å². The standard InChI is InChI=1S/C33H33ClFN5O2/c1-3-30(41)39-13-15-40(16-14-39)32-25-17-28(35)24(23-10-4-7-21-8-5-11-27(34)31(21)23)18-29(25)37-33(26(32)19-36)42-20-22-9-6-12-38(22)2/h3-5,7-8,10-11,17-18,22,25,29H,1,6,9,12-16,20H2,2H3/t22-,25?,29?/m0/s1. The number of allylic oxidation sites excluding steroid dienone is 2. The van der Waals surface area contributed by atoms with Crippen LogP contribution in [-0.4, -0.2) is 85.0 Å². The molecular formula is C33H33ClFN5O2. The topological polar surface area (TPSA) is 72.2 Å². The van der Waals surface area contributed by atoms with E-state index in [0.29, 0.717) is 66.1 Å². The van der Waals surface area contributed by atoms with Crippen molar-refractivity contribution in [1.82, 2.24) is 14.7 Å². The Hall–Kier alpha value is -3.93. The molecule has 2 aromatic rings. The Bertz CT molecular complexity index is 1590. The molecule has 3 atom stereocenters. The van der Waals surface area contributed by atoms with Gasteiger partial charge in [-0.25, -0.2) is 9.38 Å². The highest BCUT2D eigenvalue weighted by atomic mass is 35.5. The highest BCUT2D eigenvalue weighted by Crippen LogP contribution is 2.43. The molecule has 1 amide bonds. The molecule has 2 aromatic carbocycles. The summed E-state index contributed by atoms with van der Waals surface area (Å²) in [4.78, 5) is 23.2. The van der Waals surface area contributed by atoms with Crippen LogP contribution in [0, 0.1) is 17.2 Å². The molecular weight excluding hydrogens is 553 g/mol. The third kappa shape index (κ3) is 5.12. The molecule has 4 aliphatic rings. The first-order valence-electron chi connectivity index (χ1n) is 14.4. The van der Waals surface area contributed by atoms with Crippen molar-refractivity contribution in [3.8, 4) is 6.07 Å². The zero-order valence-electron chi connectivity index (χ0n) is 23.6. The molecule has 7 nitrogen and oxygen atoms in total. The normalized spacial score (nSPS) is 24.5. The molecule has 1 aliphatic carbocycles. The number of hydrogen-bond donors (Lipinski definition) is 0. The second-order valence-electron chi connectivity index (χ2n) is 11.2. The van der Waals surface area contributed by atoms with Crippen LogP contribution in [0.1, 0.15) is 18.4 Å². The largest absolute Gasteiger partial charge is 0.475 e. The number of amides is 1. The minimum Gasteiger partial charge on any atom is -0.475 e. The van der Waals surface area contributed by atoms with Gasteiger partial charge in [-0.1, -0.05) is 48.5 Å². The molecule has 3 aliphatic heterocycles. The summed E-state index contributed by atoms with van der Waals surface area (Å²) in [7, 11) is 2.08. The van der Waals surface area contributed by atoms with E-state index in [1.54, 1.807) is 11.0 Å². The van der Waals surface area contributed by atoms with Gasteiger partial charge in [0.25, 0.3) is 0 Å². The fourth-order valence-electron chi connectivity index (χ4n) is 6.52. The average molecular weight is 586 g/mol. The Morgan fingerprint density at radius 2 is 1.95 bits per heavy atom. The predicted octanol–water partition coefficient (Wildman–Crippen LogP) is 5.36. The number of benzene rings is 2. The number of piperazine rings is 1. The summed E-state index contributed by atoms with van der Waals surface area (Å²) < 4.78 is 22.4. The van der Waals surface area contributed by atoms with Crippen molar-refractivity contribution in [3.05, 3.63) is 88.9 Å². The van der Waals surface area contributed by atoms with E-state index in [1.165, 1.54) is 6.08 Å². The summed E-state index contributed by atoms with van der Waals surface area (Å²) in [6.45, 7) is 7.00. The number of likely N-dealkylation sites (N-methyl/N-ethyl adjacent to an activating group) is 1. The van der Waals surface area contributed by atoms with Crippen molar-refractivity contribution < 1.29 is 13.9 Å². The first-order valence-corrected chi connectivity index (χ1v) is 14.8. The maximum absolute atomic E-state index is 16.1. The Morgan fingerprint density at radius 3 is 2.64 bits per heavy atom. The summed E-state index contributed by atoms with van der Waals surface area (Å²) in [5.41, 5.74) is 2.15. The molecule has 0 spiro atoms. The number of rotatable bonds is 5.